The highest BCUT2D eigenvalue weighted by atomic mass is 19.4. The fraction of sp³-hybridized carbons (Fsp3) is 0.125. The minimum Gasteiger partial charge on any atom is -0.481 e. The Bertz CT molecular complexity index is 1090. The molecule has 0 aromatic heterocycles. The number of alkyl halides is 3. The van der Waals surface area contributed by atoms with E-state index >= 15 is 0 Å². The maximum Gasteiger partial charge on any atom is 0.416 e. The molecule has 0 radical (unpaired) electrons. The largest absolute Gasteiger partial charge is 0.481 e. The maximum absolute atomic E-state index is 12.7. The summed E-state index contributed by atoms with van der Waals surface area (Å²) in [5.41, 5.74) is 2.04. The average molecular weight is 410 g/mol. The van der Waals surface area contributed by atoms with Gasteiger partial charge in [0.15, 0.2) is 0 Å². The molecule has 6 heteroatoms. The van der Waals surface area contributed by atoms with Crippen LogP contribution < -0.4 is 4.74 Å². The molecule has 3 aromatic carbocycles. The average Bonchev–Trinajstić information content (AvgIpc) is 2.71. The molecular weight excluding hydrogens is 393 g/mol. The van der Waals surface area contributed by atoms with E-state index in [1.807, 2.05) is 24.3 Å². The van der Waals surface area contributed by atoms with Crippen LogP contribution in [0.5, 0.6) is 5.75 Å². The number of hydrogen-bond acceptors (Lipinski definition) is 2. The number of carbonyl (C=O) groups is 1. The molecule has 3 rings (SSSR count). The third-order valence-corrected chi connectivity index (χ3v) is 4.20. The van der Waals surface area contributed by atoms with E-state index in [-0.39, 0.29) is 18.6 Å². The second-order valence-electron chi connectivity index (χ2n) is 6.46. The Morgan fingerprint density at radius 2 is 1.67 bits per heavy atom. The Balaban J connectivity index is 1.61. The second kappa shape index (κ2) is 9.19. The summed E-state index contributed by atoms with van der Waals surface area (Å²) in [6, 6.07) is 19.3. The minimum atomic E-state index is -4.40. The Hall–Kier alpha value is -3.72. The molecule has 0 aliphatic heterocycles. The van der Waals surface area contributed by atoms with Gasteiger partial charge in [0.25, 0.3) is 0 Å². The molecule has 152 valence electrons. The molecule has 0 bridgehead atoms. The topological polar surface area (TPSA) is 46.5 Å². The molecule has 0 aliphatic rings. The van der Waals surface area contributed by atoms with Gasteiger partial charge in [-0.25, -0.2) is 0 Å². The maximum atomic E-state index is 12.7. The zero-order valence-electron chi connectivity index (χ0n) is 15.7. The SMILES string of the molecule is O=C(O)Cc1cccc(-c2ccc(OCC#Cc3cccc(C(F)(F)F)c3)cc2)c1. The van der Waals surface area contributed by atoms with Gasteiger partial charge in [0.1, 0.15) is 12.4 Å². The first kappa shape index (κ1) is 21.0. The van der Waals surface area contributed by atoms with E-state index in [1.54, 1.807) is 24.3 Å². The van der Waals surface area contributed by atoms with Gasteiger partial charge in [0.2, 0.25) is 0 Å². The highest BCUT2D eigenvalue weighted by Gasteiger charge is 2.30. The molecular formula is C24H17F3O3. The van der Waals surface area contributed by atoms with Crippen molar-refractivity contribution in [3.63, 3.8) is 0 Å². The van der Waals surface area contributed by atoms with Crippen LogP contribution in [-0.2, 0) is 17.4 Å². The van der Waals surface area contributed by atoms with E-state index in [2.05, 4.69) is 11.8 Å². The first-order valence-corrected chi connectivity index (χ1v) is 9.01. The van der Waals surface area contributed by atoms with Gasteiger partial charge in [-0.1, -0.05) is 54.3 Å². The molecule has 0 spiro atoms. The van der Waals surface area contributed by atoms with Crippen molar-refractivity contribution in [3.8, 4) is 28.7 Å². The summed E-state index contributed by atoms with van der Waals surface area (Å²) in [6.45, 7) is 0.0314. The summed E-state index contributed by atoms with van der Waals surface area (Å²) in [5.74, 6) is 5.05. The van der Waals surface area contributed by atoms with Crippen molar-refractivity contribution in [2.45, 2.75) is 12.6 Å². The number of carboxylic acids is 1. The van der Waals surface area contributed by atoms with E-state index in [4.69, 9.17) is 9.84 Å². The van der Waals surface area contributed by atoms with Crippen molar-refractivity contribution in [2.24, 2.45) is 0 Å². The zero-order valence-corrected chi connectivity index (χ0v) is 15.7. The van der Waals surface area contributed by atoms with Crippen LogP contribution >= 0.6 is 0 Å². The van der Waals surface area contributed by atoms with Crippen LogP contribution in [0.25, 0.3) is 11.1 Å². The third kappa shape index (κ3) is 5.89. The number of ether oxygens (including phenoxy) is 1. The van der Waals surface area contributed by atoms with Crippen LogP contribution in [0.2, 0.25) is 0 Å². The lowest BCUT2D eigenvalue weighted by molar-refractivity contribution is -0.138. The van der Waals surface area contributed by atoms with E-state index in [1.165, 1.54) is 12.1 Å². The number of rotatable bonds is 5. The van der Waals surface area contributed by atoms with Gasteiger partial charge in [0, 0.05) is 5.56 Å². The lowest BCUT2D eigenvalue weighted by atomic mass is 10.0. The smallest absolute Gasteiger partial charge is 0.416 e. The van der Waals surface area contributed by atoms with E-state index in [0.717, 1.165) is 23.3 Å². The fourth-order valence-electron chi connectivity index (χ4n) is 2.81. The molecule has 0 heterocycles. The second-order valence-corrected chi connectivity index (χ2v) is 6.46. The predicted molar refractivity (Wildman–Crippen MR) is 107 cm³/mol. The molecule has 3 nitrogen and oxygen atoms in total. The van der Waals surface area contributed by atoms with Crippen molar-refractivity contribution in [1.29, 1.82) is 0 Å². The van der Waals surface area contributed by atoms with Gasteiger partial charge in [-0.2, -0.15) is 13.2 Å². The van der Waals surface area contributed by atoms with Crippen LogP contribution in [0.15, 0.2) is 72.8 Å². The Labute approximate surface area is 171 Å². The Morgan fingerprint density at radius 3 is 2.37 bits per heavy atom. The van der Waals surface area contributed by atoms with Crippen molar-refractivity contribution < 1.29 is 27.8 Å². The van der Waals surface area contributed by atoms with Gasteiger partial charge in [0.05, 0.1) is 12.0 Å². The molecule has 3 aromatic rings. The standard InChI is InChI=1S/C24H17F3O3/c25-24(26,27)21-8-2-4-17(15-21)6-3-13-30-22-11-9-19(10-12-22)20-7-1-5-18(14-20)16-23(28)29/h1-2,4-5,7-12,14-15H,13,16H2,(H,28,29). The van der Waals surface area contributed by atoms with E-state index in [9.17, 15) is 18.0 Å². The van der Waals surface area contributed by atoms with E-state index < -0.39 is 17.7 Å². The van der Waals surface area contributed by atoms with Crippen LogP contribution in [0.3, 0.4) is 0 Å². The summed E-state index contributed by atoms with van der Waals surface area (Å²) in [6.07, 6.45) is -4.44. The van der Waals surface area contributed by atoms with Crippen molar-refractivity contribution in [3.05, 3.63) is 89.5 Å². The van der Waals surface area contributed by atoms with Crippen LogP contribution in [0.4, 0.5) is 13.2 Å². The van der Waals surface area contributed by atoms with Crippen LogP contribution in [-0.4, -0.2) is 17.7 Å². The highest BCUT2D eigenvalue weighted by molar-refractivity contribution is 5.72. The van der Waals surface area contributed by atoms with E-state index in [0.29, 0.717) is 11.3 Å². The molecule has 0 saturated heterocycles. The first-order valence-electron chi connectivity index (χ1n) is 9.01. The summed E-state index contributed by atoms with van der Waals surface area (Å²) in [4.78, 5) is 10.9. The molecule has 0 saturated carbocycles. The quantitative estimate of drug-likeness (QED) is 0.571. The fourth-order valence-corrected chi connectivity index (χ4v) is 2.81. The molecule has 0 fully saturated rings. The minimum absolute atomic E-state index is 0.0314. The Morgan fingerprint density at radius 1 is 0.933 bits per heavy atom. The lowest BCUT2D eigenvalue weighted by Gasteiger charge is -2.07. The van der Waals surface area contributed by atoms with Crippen LogP contribution in [0, 0.1) is 11.8 Å². The number of hydrogen-bond donors (Lipinski definition) is 1. The van der Waals surface area contributed by atoms with Crippen molar-refractivity contribution in [2.75, 3.05) is 6.61 Å². The molecule has 30 heavy (non-hydrogen) atoms. The lowest BCUT2D eigenvalue weighted by Crippen LogP contribution is -2.04. The van der Waals surface area contributed by atoms with Crippen molar-refractivity contribution in [1.82, 2.24) is 0 Å². The summed E-state index contributed by atoms with van der Waals surface area (Å²) < 4.78 is 43.7. The number of benzene rings is 3. The van der Waals surface area contributed by atoms with Crippen LogP contribution in [0.1, 0.15) is 16.7 Å². The van der Waals surface area contributed by atoms with Gasteiger partial charge < -0.3 is 9.84 Å². The summed E-state index contributed by atoms with van der Waals surface area (Å²) in [5, 5.41) is 8.91. The number of aliphatic carboxylic acids is 1. The monoisotopic (exact) mass is 410 g/mol. The van der Waals surface area contributed by atoms with Gasteiger partial charge in [-0.15, -0.1) is 0 Å². The summed E-state index contributed by atoms with van der Waals surface area (Å²) in [7, 11) is 0. The highest BCUT2D eigenvalue weighted by Crippen LogP contribution is 2.29. The molecule has 0 atom stereocenters. The predicted octanol–water partition coefficient (Wildman–Crippen LogP) is 5.43. The normalized spacial score (nSPS) is 10.8. The molecule has 0 amide bonds. The zero-order chi connectivity index (χ0) is 21.6. The molecule has 1 N–H and O–H groups in total. The third-order valence-electron chi connectivity index (χ3n) is 4.20. The molecule has 0 aliphatic carbocycles. The number of carboxylic acid groups (broad SMARTS) is 1. The number of halogens is 3. The first-order chi connectivity index (χ1) is 14.3. The van der Waals surface area contributed by atoms with Gasteiger partial charge >= 0.3 is 12.1 Å². The Kier molecular flexibility index (Phi) is 6.43. The van der Waals surface area contributed by atoms with Gasteiger partial charge in [-0.3, -0.25) is 4.79 Å². The molecule has 0 unspecified atom stereocenters. The summed E-state index contributed by atoms with van der Waals surface area (Å²) >= 11 is 0. The van der Waals surface area contributed by atoms with Crippen molar-refractivity contribution >= 4 is 5.97 Å². The van der Waals surface area contributed by atoms with Gasteiger partial charge in [-0.05, 0) is 47.0 Å².